The number of carbonyl (C=O) groups is 2. The summed E-state index contributed by atoms with van der Waals surface area (Å²) in [5.41, 5.74) is 0.286. The van der Waals surface area contributed by atoms with E-state index in [4.69, 9.17) is 28.2 Å². The first kappa shape index (κ1) is 16.1. The number of benzene rings is 1. The fraction of sp³-hybridized carbons (Fsp3) is 0. The molecule has 0 spiro atoms. The van der Waals surface area contributed by atoms with Crippen LogP contribution in [0.25, 0.3) is 17.0 Å². The normalized spacial score (nSPS) is 14.9. The minimum absolute atomic E-state index is 0.0434. The van der Waals surface area contributed by atoms with Gasteiger partial charge in [-0.1, -0.05) is 17.7 Å². The third kappa shape index (κ3) is 3.12. The molecule has 1 saturated heterocycles. The van der Waals surface area contributed by atoms with Gasteiger partial charge in [-0.05, 0) is 42.6 Å². The minimum atomic E-state index is -0.606. The van der Waals surface area contributed by atoms with Crippen molar-refractivity contribution in [3.63, 3.8) is 0 Å². The molecule has 2 aromatic rings. The van der Waals surface area contributed by atoms with Crippen molar-refractivity contribution >= 4 is 57.8 Å². The molecule has 1 aliphatic rings. The lowest BCUT2D eigenvalue weighted by Crippen LogP contribution is -2.51. The molecule has 3 rings (SSSR count). The van der Waals surface area contributed by atoms with Gasteiger partial charge < -0.3 is 4.42 Å². The zero-order valence-corrected chi connectivity index (χ0v) is 13.5. The molecule has 2 heterocycles. The van der Waals surface area contributed by atoms with Crippen LogP contribution in [-0.4, -0.2) is 16.9 Å². The van der Waals surface area contributed by atoms with Gasteiger partial charge in [0, 0.05) is 5.02 Å². The van der Waals surface area contributed by atoms with Crippen molar-refractivity contribution in [3.05, 3.63) is 63.0 Å². The Bertz CT molecular complexity index is 985. The number of carbonyl (C=O) groups excluding carboxylic acids is 2. The maximum atomic E-state index is 12.4. The molecule has 1 fully saturated rings. The molecular weight excluding hydrogens is 352 g/mol. The van der Waals surface area contributed by atoms with Gasteiger partial charge in [-0.3, -0.25) is 25.0 Å². The van der Waals surface area contributed by atoms with Gasteiger partial charge in [-0.25, -0.2) is 0 Å². The summed E-state index contributed by atoms with van der Waals surface area (Å²) < 4.78 is 5.37. The van der Waals surface area contributed by atoms with Crippen LogP contribution in [0.15, 0.2) is 51.4 Å². The summed E-state index contributed by atoms with van der Waals surface area (Å²) in [6, 6.07) is 4.74. The fourth-order valence-electron chi connectivity index (χ4n) is 2.11. The number of nitrogens with one attached hydrogen (secondary N) is 2. The van der Waals surface area contributed by atoms with E-state index in [-0.39, 0.29) is 21.7 Å². The van der Waals surface area contributed by atoms with E-state index in [0.717, 1.165) is 0 Å². The fourth-order valence-corrected chi connectivity index (χ4v) is 2.47. The van der Waals surface area contributed by atoms with E-state index >= 15 is 0 Å². The number of fused-ring (bicyclic) bond motifs is 1. The number of halogens is 1. The van der Waals surface area contributed by atoms with Gasteiger partial charge >= 0.3 is 0 Å². The van der Waals surface area contributed by atoms with Crippen LogP contribution in [0, 0.1) is 0 Å². The highest BCUT2D eigenvalue weighted by molar-refractivity contribution is 7.80. The lowest BCUT2D eigenvalue weighted by molar-refractivity contribution is -0.123. The molecule has 0 aliphatic carbocycles. The highest BCUT2D eigenvalue weighted by Gasteiger charge is 2.24. The smallest absolute Gasteiger partial charge is 0.263 e. The lowest BCUT2D eigenvalue weighted by atomic mass is 10.1. The molecule has 24 heavy (non-hydrogen) atoms. The third-order valence-electron chi connectivity index (χ3n) is 3.24. The molecule has 1 aromatic carbocycles. The van der Waals surface area contributed by atoms with Crippen molar-refractivity contribution < 1.29 is 14.0 Å². The van der Waals surface area contributed by atoms with E-state index in [1.54, 1.807) is 12.1 Å². The van der Waals surface area contributed by atoms with E-state index < -0.39 is 11.8 Å². The molecule has 0 radical (unpaired) electrons. The maximum absolute atomic E-state index is 12.4. The van der Waals surface area contributed by atoms with Crippen molar-refractivity contribution in [1.29, 1.82) is 0 Å². The quantitative estimate of drug-likeness (QED) is 0.485. The summed E-state index contributed by atoms with van der Waals surface area (Å²) >= 11 is 10.6. The highest BCUT2D eigenvalue weighted by Crippen LogP contribution is 2.17. The molecule has 0 saturated carbocycles. The van der Waals surface area contributed by atoms with Crippen molar-refractivity contribution in [2.45, 2.75) is 0 Å². The van der Waals surface area contributed by atoms with Crippen molar-refractivity contribution in [2.24, 2.45) is 0 Å². The number of hydrogen-bond acceptors (Lipinski definition) is 5. The third-order valence-corrected chi connectivity index (χ3v) is 3.68. The number of rotatable bonds is 2. The Morgan fingerprint density at radius 3 is 2.54 bits per heavy atom. The summed E-state index contributed by atoms with van der Waals surface area (Å²) in [6.07, 6.45) is 5.43. The van der Waals surface area contributed by atoms with Crippen LogP contribution in [0.5, 0.6) is 0 Å². The second-order valence-corrected chi connectivity index (χ2v) is 5.68. The second-order valence-electron chi connectivity index (χ2n) is 4.84. The average molecular weight is 361 g/mol. The zero-order valence-electron chi connectivity index (χ0n) is 12.0. The van der Waals surface area contributed by atoms with E-state index in [1.807, 2.05) is 0 Å². The predicted octanol–water partition coefficient (Wildman–Crippen LogP) is 1.92. The SMILES string of the molecule is O=C1NC(=S)NC(=O)C1=CC=Cc1coc2ccc(Cl)cc2c1=O. The number of amides is 2. The van der Waals surface area contributed by atoms with E-state index in [1.165, 1.54) is 30.6 Å². The Morgan fingerprint density at radius 2 is 1.83 bits per heavy atom. The number of thiocarbonyl (C=S) groups is 1. The van der Waals surface area contributed by atoms with Gasteiger partial charge in [-0.2, -0.15) is 0 Å². The van der Waals surface area contributed by atoms with Gasteiger partial charge in [0.25, 0.3) is 11.8 Å². The molecule has 120 valence electrons. The van der Waals surface area contributed by atoms with Crippen LogP contribution in [-0.2, 0) is 9.59 Å². The van der Waals surface area contributed by atoms with Crippen LogP contribution < -0.4 is 16.1 Å². The van der Waals surface area contributed by atoms with Gasteiger partial charge in [0.15, 0.2) is 10.5 Å². The van der Waals surface area contributed by atoms with Crippen LogP contribution in [0.3, 0.4) is 0 Å². The van der Waals surface area contributed by atoms with E-state index in [9.17, 15) is 14.4 Å². The summed E-state index contributed by atoms with van der Waals surface area (Å²) in [5, 5.41) is 5.35. The number of allylic oxidation sites excluding steroid dienone is 2. The summed E-state index contributed by atoms with van der Waals surface area (Å²) in [4.78, 5) is 35.7. The molecule has 0 unspecified atom stereocenters. The first-order valence-electron chi connectivity index (χ1n) is 6.72. The molecular formula is C16H9ClN2O4S. The maximum Gasteiger partial charge on any atom is 0.263 e. The molecule has 1 aliphatic heterocycles. The topological polar surface area (TPSA) is 88.4 Å². The monoisotopic (exact) mass is 360 g/mol. The Labute approximate surface area is 145 Å². The Hall–Kier alpha value is -2.77. The van der Waals surface area contributed by atoms with Gasteiger partial charge in [0.2, 0.25) is 0 Å². The average Bonchev–Trinajstić information content (AvgIpc) is 2.52. The molecule has 0 atom stereocenters. The van der Waals surface area contributed by atoms with Crippen molar-refractivity contribution in [2.75, 3.05) is 0 Å². The van der Waals surface area contributed by atoms with Gasteiger partial charge in [0.1, 0.15) is 17.4 Å². The Kier molecular flexibility index (Phi) is 4.28. The Morgan fingerprint density at radius 1 is 1.12 bits per heavy atom. The summed E-state index contributed by atoms with van der Waals surface area (Å²) in [7, 11) is 0. The van der Waals surface area contributed by atoms with Crippen molar-refractivity contribution in [3.8, 4) is 0 Å². The first-order valence-corrected chi connectivity index (χ1v) is 7.50. The van der Waals surface area contributed by atoms with E-state index in [2.05, 4.69) is 10.6 Å². The van der Waals surface area contributed by atoms with Crippen LogP contribution >= 0.6 is 23.8 Å². The predicted molar refractivity (Wildman–Crippen MR) is 93.5 cm³/mol. The minimum Gasteiger partial charge on any atom is -0.463 e. The van der Waals surface area contributed by atoms with Crippen molar-refractivity contribution in [1.82, 2.24) is 10.6 Å². The molecule has 1 aromatic heterocycles. The van der Waals surface area contributed by atoms with Crippen LogP contribution in [0.4, 0.5) is 0 Å². The van der Waals surface area contributed by atoms with Crippen LogP contribution in [0.1, 0.15) is 5.56 Å². The molecule has 6 nitrogen and oxygen atoms in total. The molecule has 8 heteroatoms. The van der Waals surface area contributed by atoms with Crippen LogP contribution in [0.2, 0.25) is 5.02 Å². The first-order chi connectivity index (χ1) is 11.5. The lowest BCUT2D eigenvalue weighted by Gasteiger charge is -2.15. The molecule has 2 N–H and O–H groups in total. The largest absolute Gasteiger partial charge is 0.463 e. The van der Waals surface area contributed by atoms with E-state index in [0.29, 0.717) is 16.0 Å². The highest BCUT2D eigenvalue weighted by atomic mass is 35.5. The molecule has 0 bridgehead atoms. The standard InChI is InChI=1S/C16H9ClN2O4S/c17-9-4-5-12-11(6-9)13(20)8(7-23-12)2-1-3-10-14(21)18-16(24)19-15(10)22/h1-7H,(H2,18,19,21,22,24). The molecule has 2 amide bonds. The Balaban J connectivity index is 1.94. The second kappa shape index (κ2) is 6.38. The van der Waals surface area contributed by atoms with Gasteiger partial charge in [-0.15, -0.1) is 0 Å². The number of hydrogen-bond donors (Lipinski definition) is 2. The zero-order chi connectivity index (χ0) is 17.3. The van der Waals surface area contributed by atoms with Gasteiger partial charge in [0.05, 0.1) is 10.9 Å². The summed E-state index contributed by atoms with van der Waals surface area (Å²) in [5.74, 6) is -1.21. The summed E-state index contributed by atoms with van der Waals surface area (Å²) in [6.45, 7) is 0.